The van der Waals surface area contributed by atoms with Crippen LogP contribution in [-0.4, -0.2) is 30.2 Å². The maximum Gasteiger partial charge on any atom is 0.241 e. The maximum atomic E-state index is 11.7. The zero-order chi connectivity index (χ0) is 13.0. The summed E-state index contributed by atoms with van der Waals surface area (Å²) in [5.41, 5.74) is 2.10. The van der Waals surface area contributed by atoms with Gasteiger partial charge in [0, 0.05) is 18.7 Å². The van der Waals surface area contributed by atoms with Gasteiger partial charge in [0.05, 0.1) is 5.69 Å². The van der Waals surface area contributed by atoms with Gasteiger partial charge in [0.15, 0.2) is 0 Å². The zero-order valence-electron chi connectivity index (χ0n) is 10.8. The average molecular weight is 249 g/mol. The predicted octanol–water partition coefficient (Wildman–Crippen LogP) is 0.868. The first kappa shape index (κ1) is 12.8. The van der Waals surface area contributed by atoms with Crippen LogP contribution in [0.1, 0.15) is 23.4 Å². The first-order chi connectivity index (χ1) is 8.68. The second kappa shape index (κ2) is 5.82. The van der Waals surface area contributed by atoms with E-state index >= 15 is 0 Å². The van der Waals surface area contributed by atoms with Crippen LogP contribution in [0.2, 0.25) is 0 Å². The summed E-state index contributed by atoms with van der Waals surface area (Å²) in [4.78, 5) is 11.7. The molecule has 1 atom stereocenters. The van der Waals surface area contributed by atoms with Gasteiger partial charge in [0.25, 0.3) is 0 Å². The number of nitrogens with one attached hydrogen (secondary N) is 2. The van der Waals surface area contributed by atoms with E-state index in [0.717, 1.165) is 36.4 Å². The van der Waals surface area contributed by atoms with E-state index in [2.05, 4.69) is 15.8 Å². The molecule has 5 nitrogen and oxygen atoms in total. The molecule has 1 amide bonds. The molecule has 0 unspecified atom stereocenters. The van der Waals surface area contributed by atoms with Crippen LogP contribution in [-0.2, 0) is 11.2 Å². The molecule has 1 aliphatic heterocycles. The molecule has 0 fully saturated rings. The predicted molar refractivity (Wildman–Crippen MR) is 68.2 cm³/mol. The van der Waals surface area contributed by atoms with Crippen molar-refractivity contribution in [1.82, 2.24) is 15.8 Å². The summed E-state index contributed by atoms with van der Waals surface area (Å²) in [5, 5.41) is 9.91. The van der Waals surface area contributed by atoms with Gasteiger partial charge in [0.2, 0.25) is 5.91 Å². The monoisotopic (exact) mass is 249 g/mol. The second-order valence-corrected chi connectivity index (χ2v) is 4.51. The molecule has 1 aromatic rings. The van der Waals surface area contributed by atoms with Gasteiger partial charge < -0.3 is 9.84 Å². The summed E-state index contributed by atoms with van der Waals surface area (Å²) in [6, 6.07) is -0.163. The van der Waals surface area contributed by atoms with E-state index in [1.807, 2.05) is 26.0 Å². The molecule has 0 spiro atoms. The van der Waals surface area contributed by atoms with Crippen LogP contribution < -0.4 is 10.6 Å². The SMILES string of the molecule is Cc1noc(C)c1CCCNC(=O)[C@@H]1C=CCN1. The Bertz CT molecular complexity index is 432. The highest BCUT2D eigenvalue weighted by molar-refractivity contribution is 5.84. The number of amides is 1. The van der Waals surface area contributed by atoms with Crippen molar-refractivity contribution in [2.24, 2.45) is 0 Å². The summed E-state index contributed by atoms with van der Waals surface area (Å²) < 4.78 is 5.10. The van der Waals surface area contributed by atoms with Crippen LogP contribution in [0.4, 0.5) is 0 Å². The van der Waals surface area contributed by atoms with Gasteiger partial charge in [-0.15, -0.1) is 0 Å². The summed E-state index contributed by atoms with van der Waals surface area (Å²) in [5.74, 6) is 0.918. The lowest BCUT2D eigenvalue weighted by molar-refractivity contribution is -0.121. The molecule has 18 heavy (non-hydrogen) atoms. The van der Waals surface area contributed by atoms with Crippen molar-refractivity contribution in [3.8, 4) is 0 Å². The van der Waals surface area contributed by atoms with E-state index in [0.29, 0.717) is 6.54 Å². The molecule has 0 aliphatic carbocycles. The first-order valence-electron chi connectivity index (χ1n) is 6.28. The fourth-order valence-corrected chi connectivity index (χ4v) is 2.09. The molecule has 1 aliphatic rings. The third-order valence-corrected chi connectivity index (χ3v) is 3.15. The normalized spacial score (nSPS) is 18.2. The minimum absolute atomic E-state index is 0.0440. The quantitative estimate of drug-likeness (QED) is 0.600. The van der Waals surface area contributed by atoms with Crippen molar-refractivity contribution < 1.29 is 9.32 Å². The second-order valence-electron chi connectivity index (χ2n) is 4.51. The largest absolute Gasteiger partial charge is 0.361 e. The lowest BCUT2D eigenvalue weighted by atomic mass is 10.1. The van der Waals surface area contributed by atoms with E-state index in [1.165, 1.54) is 0 Å². The molecule has 2 heterocycles. The van der Waals surface area contributed by atoms with Gasteiger partial charge in [-0.05, 0) is 26.7 Å². The third kappa shape index (κ3) is 2.98. The van der Waals surface area contributed by atoms with Crippen LogP contribution in [0.25, 0.3) is 0 Å². The van der Waals surface area contributed by atoms with Crippen LogP contribution in [0.5, 0.6) is 0 Å². The molecule has 0 saturated heterocycles. The van der Waals surface area contributed by atoms with Crippen molar-refractivity contribution in [2.75, 3.05) is 13.1 Å². The van der Waals surface area contributed by atoms with E-state index in [1.54, 1.807) is 0 Å². The fourth-order valence-electron chi connectivity index (χ4n) is 2.09. The molecule has 98 valence electrons. The summed E-state index contributed by atoms with van der Waals surface area (Å²) in [7, 11) is 0. The Kier molecular flexibility index (Phi) is 4.15. The van der Waals surface area contributed by atoms with Gasteiger partial charge in [-0.2, -0.15) is 0 Å². The van der Waals surface area contributed by atoms with E-state index < -0.39 is 0 Å². The number of rotatable bonds is 5. The number of carbonyl (C=O) groups is 1. The maximum absolute atomic E-state index is 11.7. The molecule has 2 rings (SSSR count). The third-order valence-electron chi connectivity index (χ3n) is 3.15. The number of hydrogen-bond donors (Lipinski definition) is 2. The summed E-state index contributed by atoms with van der Waals surface area (Å²) in [6.07, 6.45) is 5.64. The Hall–Kier alpha value is -1.62. The topological polar surface area (TPSA) is 67.2 Å². The number of carbonyl (C=O) groups excluding carboxylic acids is 1. The lowest BCUT2D eigenvalue weighted by Gasteiger charge is -2.09. The molecule has 0 bridgehead atoms. The molecule has 0 radical (unpaired) electrons. The Morgan fingerprint density at radius 3 is 3.06 bits per heavy atom. The summed E-state index contributed by atoms with van der Waals surface area (Å²) in [6.45, 7) is 5.31. The zero-order valence-corrected chi connectivity index (χ0v) is 10.8. The van der Waals surface area contributed by atoms with Crippen LogP contribution in [0, 0.1) is 13.8 Å². The van der Waals surface area contributed by atoms with Crippen LogP contribution >= 0.6 is 0 Å². The van der Waals surface area contributed by atoms with E-state index in [9.17, 15) is 4.79 Å². The van der Waals surface area contributed by atoms with Crippen molar-refractivity contribution in [1.29, 1.82) is 0 Å². The molecule has 0 aromatic carbocycles. The van der Waals surface area contributed by atoms with Gasteiger partial charge in [-0.1, -0.05) is 17.3 Å². The molecule has 1 aromatic heterocycles. The Morgan fingerprint density at radius 2 is 2.44 bits per heavy atom. The van der Waals surface area contributed by atoms with Crippen LogP contribution in [0.3, 0.4) is 0 Å². The average Bonchev–Trinajstić information content (AvgIpc) is 2.97. The molecule has 5 heteroatoms. The fraction of sp³-hybridized carbons (Fsp3) is 0.538. The van der Waals surface area contributed by atoms with Crippen molar-refractivity contribution in [3.63, 3.8) is 0 Å². The molecular weight excluding hydrogens is 230 g/mol. The van der Waals surface area contributed by atoms with Gasteiger partial charge in [-0.25, -0.2) is 0 Å². The van der Waals surface area contributed by atoms with Crippen molar-refractivity contribution >= 4 is 5.91 Å². The van der Waals surface area contributed by atoms with Crippen molar-refractivity contribution in [3.05, 3.63) is 29.2 Å². The molecule has 2 N–H and O–H groups in total. The smallest absolute Gasteiger partial charge is 0.241 e. The van der Waals surface area contributed by atoms with E-state index in [4.69, 9.17) is 4.52 Å². The first-order valence-corrected chi connectivity index (χ1v) is 6.28. The highest BCUT2D eigenvalue weighted by Crippen LogP contribution is 2.13. The Labute approximate surface area is 107 Å². The van der Waals surface area contributed by atoms with Gasteiger partial charge in [-0.3, -0.25) is 10.1 Å². The number of nitrogens with zero attached hydrogens (tertiary/aromatic N) is 1. The lowest BCUT2D eigenvalue weighted by Crippen LogP contribution is -2.40. The van der Waals surface area contributed by atoms with Crippen molar-refractivity contribution in [2.45, 2.75) is 32.7 Å². The molecule has 0 saturated carbocycles. The number of aryl methyl sites for hydroxylation is 2. The highest BCUT2D eigenvalue weighted by Gasteiger charge is 2.16. The minimum atomic E-state index is -0.163. The Balaban J connectivity index is 1.70. The van der Waals surface area contributed by atoms with E-state index in [-0.39, 0.29) is 11.9 Å². The summed E-state index contributed by atoms with van der Waals surface area (Å²) >= 11 is 0. The molecular formula is C13H19N3O2. The van der Waals surface area contributed by atoms with Gasteiger partial charge >= 0.3 is 0 Å². The minimum Gasteiger partial charge on any atom is -0.361 e. The number of hydrogen-bond acceptors (Lipinski definition) is 4. The number of aromatic nitrogens is 1. The highest BCUT2D eigenvalue weighted by atomic mass is 16.5. The Morgan fingerprint density at radius 1 is 1.61 bits per heavy atom. The standard InChI is InChI=1S/C13H19N3O2/c1-9-11(10(2)18-16-9)5-3-8-15-13(17)12-6-4-7-14-12/h4,6,12,14H,3,5,7-8H2,1-2H3,(H,15,17)/t12-/m0/s1. The van der Waals surface area contributed by atoms with Crippen LogP contribution in [0.15, 0.2) is 16.7 Å². The van der Waals surface area contributed by atoms with Gasteiger partial charge in [0.1, 0.15) is 11.8 Å².